The summed E-state index contributed by atoms with van der Waals surface area (Å²) in [7, 11) is 1.66. The van der Waals surface area contributed by atoms with Gasteiger partial charge < -0.3 is 9.30 Å². The second-order valence-corrected chi connectivity index (χ2v) is 4.26. The van der Waals surface area contributed by atoms with Gasteiger partial charge in [-0.1, -0.05) is 0 Å². The van der Waals surface area contributed by atoms with Crippen LogP contribution in [0.25, 0.3) is 11.0 Å². The van der Waals surface area contributed by atoms with Crippen LogP contribution in [-0.2, 0) is 17.2 Å². The summed E-state index contributed by atoms with van der Waals surface area (Å²) in [5.74, 6) is 1.07. The number of pyridine rings is 1. The molecule has 0 fully saturated rings. The van der Waals surface area contributed by atoms with E-state index in [2.05, 4.69) is 9.97 Å². The van der Waals surface area contributed by atoms with Crippen molar-refractivity contribution in [2.75, 3.05) is 7.11 Å². The molecule has 0 amide bonds. The lowest BCUT2D eigenvalue weighted by Gasteiger charge is -2.12. The van der Waals surface area contributed by atoms with Gasteiger partial charge in [-0.05, 0) is 6.92 Å². The average molecular weight is 265 g/mol. The predicted octanol–water partition coefficient (Wildman–Crippen LogP) is 2.08. The van der Waals surface area contributed by atoms with Crippen molar-refractivity contribution < 1.29 is 4.74 Å². The van der Waals surface area contributed by atoms with Gasteiger partial charge in [0.1, 0.15) is 17.6 Å². The molecule has 0 saturated carbocycles. The predicted molar refractivity (Wildman–Crippen MR) is 68.3 cm³/mol. The Labute approximate surface area is 110 Å². The summed E-state index contributed by atoms with van der Waals surface area (Å²) in [6.45, 7) is 2.63. The maximum absolute atomic E-state index is 8.82. The molecule has 1 atom stereocenters. The Morgan fingerprint density at radius 3 is 3.00 bits per heavy atom. The smallest absolute Gasteiger partial charge is 0.142 e. The Morgan fingerprint density at radius 1 is 1.61 bits per heavy atom. The Bertz CT molecular complexity index is 602. The van der Waals surface area contributed by atoms with E-state index in [9.17, 15) is 0 Å². The van der Waals surface area contributed by atoms with E-state index < -0.39 is 0 Å². The first-order valence-electron chi connectivity index (χ1n) is 5.53. The number of hydrogen-bond donors (Lipinski definition) is 0. The molecule has 1 unspecified atom stereocenters. The fourth-order valence-corrected chi connectivity index (χ4v) is 1.98. The van der Waals surface area contributed by atoms with E-state index in [1.54, 1.807) is 19.4 Å². The molecule has 0 aromatic carbocycles. The van der Waals surface area contributed by atoms with Crippen molar-refractivity contribution in [2.45, 2.75) is 25.5 Å². The molecule has 94 valence electrons. The zero-order chi connectivity index (χ0) is 13.1. The molecule has 0 bridgehead atoms. The van der Waals surface area contributed by atoms with E-state index in [-0.39, 0.29) is 6.10 Å². The maximum Gasteiger partial charge on any atom is 0.142 e. The largest absolute Gasteiger partial charge is 0.380 e. The molecule has 0 spiro atoms. The monoisotopic (exact) mass is 264 g/mol. The number of hydrogen-bond acceptors (Lipinski definition) is 4. The Kier molecular flexibility index (Phi) is 3.80. The van der Waals surface area contributed by atoms with Gasteiger partial charge in [0.05, 0.1) is 35.8 Å². The molecule has 5 nitrogen and oxygen atoms in total. The molecule has 0 radical (unpaired) electrons. The van der Waals surface area contributed by atoms with Gasteiger partial charge in [0.15, 0.2) is 0 Å². The van der Waals surface area contributed by atoms with E-state index in [0.717, 1.165) is 16.9 Å². The van der Waals surface area contributed by atoms with Crippen LogP contribution in [0.3, 0.4) is 0 Å². The molecule has 0 aliphatic carbocycles. The van der Waals surface area contributed by atoms with Crippen molar-refractivity contribution in [3.05, 3.63) is 23.8 Å². The number of imidazole rings is 1. The van der Waals surface area contributed by atoms with Crippen molar-refractivity contribution in [1.29, 1.82) is 5.26 Å². The van der Waals surface area contributed by atoms with Crippen LogP contribution >= 0.6 is 11.6 Å². The van der Waals surface area contributed by atoms with Crippen LogP contribution < -0.4 is 0 Å². The molecule has 0 aliphatic rings. The van der Waals surface area contributed by atoms with Gasteiger partial charge in [0.2, 0.25) is 0 Å². The first-order valence-corrected chi connectivity index (χ1v) is 6.07. The van der Waals surface area contributed by atoms with Gasteiger partial charge in [-0.25, -0.2) is 9.97 Å². The summed E-state index contributed by atoms with van der Waals surface area (Å²) in [5, 5.41) is 8.82. The van der Waals surface area contributed by atoms with Crippen molar-refractivity contribution in [1.82, 2.24) is 14.5 Å². The van der Waals surface area contributed by atoms with Crippen LogP contribution in [0.1, 0.15) is 18.4 Å². The lowest BCUT2D eigenvalue weighted by molar-refractivity contribution is 0.103. The third kappa shape index (κ3) is 2.30. The van der Waals surface area contributed by atoms with Crippen molar-refractivity contribution in [2.24, 2.45) is 0 Å². The Balaban J connectivity index is 2.53. The third-order valence-electron chi connectivity index (χ3n) is 2.79. The zero-order valence-corrected chi connectivity index (χ0v) is 11.0. The minimum atomic E-state index is 0.0556. The molecule has 2 heterocycles. The van der Waals surface area contributed by atoms with E-state index in [0.29, 0.717) is 18.1 Å². The highest BCUT2D eigenvalue weighted by Gasteiger charge is 2.13. The minimum absolute atomic E-state index is 0.0556. The number of halogens is 1. The molecule has 18 heavy (non-hydrogen) atoms. The summed E-state index contributed by atoms with van der Waals surface area (Å²) in [5.41, 5.74) is 1.96. The third-order valence-corrected chi connectivity index (χ3v) is 3.03. The molecular weight excluding hydrogens is 252 g/mol. The number of nitrogens with zero attached hydrogens (tertiary/aromatic N) is 4. The molecule has 0 N–H and O–H groups in total. The molecule has 0 saturated heterocycles. The first-order chi connectivity index (χ1) is 8.69. The van der Waals surface area contributed by atoms with Crippen LogP contribution in [0, 0.1) is 11.3 Å². The molecule has 6 heteroatoms. The normalized spacial score (nSPS) is 12.6. The highest BCUT2D eigenvalue weighted by atomic mass is 35.5. The SMILES string of the molecule is COC(C)Cn1c(CCl)nc2cc(C#N)ncc21. The Hall–Kier alpha value is -1.64. The van der Waals surface area contributed by atoms with Crippen LogP contribution in [-0.4, -0.2) is 27.7 Å². The topological polar surface area (TPSA) is 63.7 Å². The fourth-order valence-electron chi connectivity index (χ4n) is 1.77. The number of fused-ring (bicyclic) bond motifs is 1. The number of nitriles is 1. The van der Waals surface area contributed by atoms with Crippen LogP contribution in [0.2, 0.25) is 0 Å². The number of rotatable bonds is 4. The van der Waals surface area contributed by atoms with Gasteiger partial charge in [-0.2, -0.15) is 5.26 Å². The van der Waals surface area contributed by atoms with Gasteiger partial charge in [0, 0.05) is 13.2 Å². The highest BCUT2D eigenvalue weighted by molar-refractivity contribution is 6.16. The molecule has 2 rings (SSSR count). The van der Waals surface area contributed by atoms with E-state index in [1.807, 2.05) is 17.6 Å². The highest BCUT2D eigenvalue weighted by Crippen LogP contribution is 2.18. The summed E-state index contributed by atoms with van der Waals surface area (Å²) in [4.78, 5) is 8.47. The van der Waals surface area contributed by atoms with Crippen LogP contribution in [0.15, 0.2) is 12.3 Å². The van der Waals surface area contributed by atoms with E-state index in [1.165, 1.54) is 0 Å². The van der Waals surface area contributed by atoms with Gasteiger partial charge in [-0.15, -0.1) is 11.6 Å². The number of aromatic nitrogens is 3. The summed E-state index contributed by atoms with van der Waals surface area (Å²) >= 11 is 5.89. The van der Waals surface area contributed by atoms with E-state index in [4.69, 9.17) is 21.6 Å². The number of methoxy groups -OCH3 is 1. The van der Waals surface area contributed by atoms with Gasteiger partial charge >= 0.3 is 0 Å². The quantitative estimate of drug-likeness (QED) is 0.793. The standard InChI is InChI=1S/C12H13ClN4O/c1-8(18-2)7-17-11-6-15-9(5-14)3-10(11)16-12(17)4-13/h3,6,8H,4,7H2,1-2H3. The van der Waals surface area contributed by atoms with Crippen LogP contribution in [0.5, 0.6) is 0 Å². The molecule has 0 aliphatic heterocycles. The van der Waals surface area contributed by atoms with Gasteiger partial charge in [0.25, 0.3) is 0 Å². The van der Waals surface area contributed by atoms with Gasteiger partial charge in [-0.3, -0.25) is 0 Å². The average Bonchev–Trinajstić information content (AvgIpc) is 2.75. The lowest BCUT2D eigenvalue weighted by Crippen LogP contribution is -2.16. The zero-order valence-electron chi connectivity index (χ0n) is 10.2. The van der Waals surface area contributed by atoms with Crippen molar-refractivity contribution in [3.8, 4) is 6.07 Å². The Morgan fingerprint density at radius 2 is 2.39 bits per heavy atom. The second kappa shape index (κ2) is 5.34. The summed E-state index contributed by atoms with van der Waals surface area (Å²) in [6.07, 6.45) is 1.71. The van der Waals surface area contributed by atoms with Crippen LogP contribution in [0.4, 0.5) is 0 Å². The van der Waals surface area contributed by atoms with Crippen molar-refractivity contribution >= 4 is 22.6 Å². The second-order valence-electron chi connectivity index (χ2n) is 3.99. The summed E-state index contributed by atoms with van der Waals surface area (Å²) < 4.78 is 7.23. The fraction of sp³-hybridized carbons (Fsp3) is 0.417. The van der Waals surface area contributed by atoms with Crippen molar-refractivity contribution in [3.63, 3.8) is 0 Å². The molecule has 2 aromatic rings. The number of ether oxygens (including phenoxy) is 1. The first kappa shape index (κ1) is 12.8. The lowest BCUT2D eigenvalue weighted by atomic mass is 10.3. The minimum Gasteiger partial charge on any atom is -0.380 e. The summed E-state index contributed by atoms with van der Waals surface area (Å²) in [6, 6.07) is 3.67. The molecular formula is C12H13ClN4O. The molecule has 2 aromatic heterocycles. The maximum atomic E-state index is 8.82. The van der Waals surface area contributed by atoms with E-state index >= 15 is 0 Å². The number of alkyl halides is 1.